The quantitative estimate of drug-likeness (QED) is 0.923. The Morgan fingerprint density at radius 3 is 2.77 bits per heavy atom. The second-order valence-corrected chi connectivity index (χ2v) is 5.63. The summed E-state index contributed by atoms with van der Waals surface area (Å²) in [4.78, 5) is 14.2. The molecular formula is C18H19FN2O. The third-order valence-corrected chi connectivity index (χ3v) is 4.05. The highest BCUT2D eigenvalue weighted by Gasteiger charge is 2.30. The normalized spacial score (nSPS) is 16.5. The Morgan fingerprint density at radius 2 is 1.95 bits per heavy atom. The summed E-state index contributed by atoms with van der Waals surface area (Å²) in [6, 6.07) is 14.6. The summed E-state index contributed by atoms with van der Waals surface area (Å²) in [6.07, 6.45) is 1.36. The second-order valence-electron chi connectivity index (χ2n) is 5.63. The van der Waals surface area contributed by atoms with Crippen LogP contribution in [0.4, 0.5) is 14.9 Å². The number of rotatable bonds is 3. The van der Waals surface area contributed by atoms with Crippen LogP contribution < -0.4 is 10.2 Å². The lowest BCUT2D eigenvalue weighted by molar-refractivity contribution is 0.245. The molecule has 0 saturated heterocycles. The predicted molar refractivity (Wildman–Crippen MR) is 85.6 cm³/mol. The number of halogens is 1. The van der Waals surface area contributed by atoms with Crippen LogP contribution in [0, 0.1) is 5.82 Å². The average molecular weight is 298 g/mol. The van der Waals surface area contributed by atoms with Crippen LogP contribution in [0.25, 0.3) is 0 Å². The Hall–Kier alpha value is -2.36. The zero-order valence-corrected chi connectivity index (χ0v) is 12.6. The number of hydrogen-bond acceptors (Lipinski definition) is 1. The van der Waals surface area contributed by atoms with Crippen LogP contribution in [0.15, 0.2) is 48.5 Å². The number of amides is 2. The molecule has 0 fully saturated rings. The minimum atomic E-state index is -0.225. The summed E-state index contributed by atoms with van der Waals surface area (Å²) in [6.45, 7) is 2.46. The fourth-order valence-electron chi connectivity index (χ4n) is 2.97. The lowest BCUT2D eigenvalue weighted by Crippen LogP contribution is -2.43. The van der Waals surface area contributed by atoms with Gasteiger partial charge in [0, 0.05) is 18.3 Å². The molecule has 114 valence electrons. The van der Waals surface area contributed by atoms with Gasteiger partial charge in [0.15, 0.2) is 0 Å². The van der Waals surface area contributed by atoms with Gasteiger partial charge in [-0.3, -0.25) is 4.90 Å². The van der Waals surface area contributed by atoms with Crippen LogP contribution in [0.1, 0.15) is 18.1 Å². The summed E-state index contributed by atoms with van der Waals surface area (Å²) in [5.74, 6) is -0.225. The van der Waals surface area contributed by atoms with E-state index in [1.165, 1.54) is 11.6 Å². The van der Waals surface area contributed by atoms with Crippen LogP contribution in [0.3, 0.4) is 0 Å². The molecule has 2 amide bonds. The molecule has 1 N–H and O–H groups in total. The van der Waals surface area contributed by atoms with Gasteiger partial charge >= 0.3 is 6.03 Å². The standard InChI is InChI=1S/C18H19FN2O/c1-13-12-15-7-3-5-9-17(15)21(13)18(22)20-11-10-14-6-2-4-8-16(14)19/h2-9,13H,10-12H2,1H3,(H,20,22). The van der Waals surface area contributed by atoms with Crippen molar-refractivity contribution in [3.8, 4) is 0 Å². The van der Waals surface area contributed by atoms with Gasteiger partial charge in [0.25, 0.3) is 0 Å². The van der Waals surface area contributed by atoms with Crippen molar-refractivity contribution in [3.63, 3.8) is 0 Å². The Kier molecular flexibility index (Phi) is 4.09. The zero-order valence-electron chi connectivity index (χ0n) is 12.6. The largest absolute Gasteiger partial charge is 0.337 e. The zero-order chi connectivity index (χ0) is 15.5. The van der Waals surface area contributed by atoms with Gasteiger partial charge in [0.05, 0.1) is 0 Å². The highest BCUT2D eigenvalue weighted by Crippen LogP contribution is 2.31. The fourth-order valence-corrected chi connectivity index (χ4v) is 2.97. The molecule has 22 heavy (non-hydrogen) atoms. The molecule has 1 heterocycles. The van der Waals surface area contributed by atoms with E-state index in [4.69, 9.17) is 0 Å². The molecular weight excluding hydrogens is 279 g/mol. The number of para-hydroxylation sites is 1. The number of urea groups is 1. The number of benzene rings is 2. The number of carbonyl (C=O) groups excluding carboxylic acids is 1. The number of hydrogen-bond donors (Lipinski definition) is 1. The van der Waals surface area contributed by atoms with Crippen molar-refractivity contribution in [2.24, 2.45) is 0 Å². The molecule has 1 aliphatic rings. The Balaban J connectivity index is 1.62. The number of nitrogens with zero attached hydrogens (tertiary/aromatic N) is 1. The van der Waals surface area contributed by atoms with Crippen LogP contribution in [-0.4, -0.2) is 18.6 Å². The van der Waals surface area contributed by atoms with E-state index in [-0.39, 0.29) is 17.9 Å². The van der Waals surface area contributed by atoms with E-state index in [0.29, 0.717) is 18.5 Å². The minimum absolute atomic E-state index is 0.117. The third-order valence-electron chi connectivity index (χ3n) is 4.05. The highest BCUT2D eigenvalue weighted by molar-refractivity contribution is 5.94. The van der Waals surface area contributed by atoms with Gasteiger partial charge < -0.3 is 5.32 Å². The third kappa shape index (κ3) is 2.82. The maximum Gasteiger partial charge on any atom is 0.322 e. The van der Waals surface area contributed by atoms with Crippen LogP contribution in [-0.2, 0) is 12.8 Å². The predicted octanol–water partition coefficient (Wildman–Crippen LogP) is 3.53. The van der Waals surface area contributed by atoms with Crippen LogP contribution >= 0.6 is 0 Å². The summed E-state index contributed by atoms with van der Waals surface area (Å²) in [7, 11) is 0. The topological polar surface area (TPSA) is 32.3 Å². The van der Waals surface area contributed by atoms with Crippen molar-refractivity contribution in [3.05, 3.63) is 65.5 Å². The highest BCUT2D eigenvalue weighted by atomic mass is 19.1. The molecule has 0 spiro atoms. The van der Waals surface area contributed by atoms with Crippen LogP contribution in [0.5, 0.6) is 0 Å². The number of anilines is 1. The number of carbonyl (C=O) groups is 1. The molecule has 0 radical (unpaired) electrons. The molecule has 0 bridgehead atoms. The van der Waals surface area contributed by atoms with Gasteiger partial charge in [-0.05, 0) is 43.0 Å². The molecule has 3 rings (SSSR count). The monoisotopic (exact) mass is 298 g/mol. The Morgan fingerprint density at radius 1 is 1.23 bits per heavy atom. The summed E-state index contributed by atoms with van der Waals surface area (Å²) in [5, 5.41) is 2.89. The van der Waals surface area contributed by atoms with Gasteiger partial charge in [-0.25, -0.2) is 9.18 Å². The molecule has 2 aromatic carbocycles. The Bertz CT molecular complexity index is 686. The van der Waals surface area contributed by atoms with Gasteiger partial charge in [0.2, 0.25) is 0 Å². The smallest absolute Gasteiger partial charge is 0.322 e. The first kappa shape index (κ1) is 14.6. The molecule has 1 unspecified atom stereocenters. The lowest BCUT2D eigenvalue weighted by atomic mass is 10.1. The van der Waals surface area contributed by atoms with Gasteiger partial charge in [-0.15, -0.1) is 0 Å². The van der Waals surface area contributed by atoms with Gasteiger partial charge in [-0.2, -0.15) is 0 Å². The van der Waals surface area contributed by atoms with E-state index in [2.05, 4.69) is 11.4 Å². The maximum atomic E-state index is 13.6. The molecule has 4 heteroatoms. The fraction of sp³-hybridized carbons (Fsp3) is 0.278. The minimum Gasteiger partial charge on any atom is -0.337 e. The molecule has 1 aliphatic heterocycles. The first-order valence-electron chi connectivity index (χ1n) is 7.55. The van der Waals surface area contributed by atoms with E-state index < -0.39 is 0 Å². The van der Waals surface area contributed by atoms with Crippen molar-refractivity contribution in [2.45, 2.75) is 25.8 Å². The van der Waals surface area contributed by atoms with E-state index in [1.54, 1.807) is 23.1 Å². The van der Waals surface area contributed by atoms with Gasteiger partial charge in [0.1, 0.15) is 5.82 Å². The summed E-state index contributed by atoms with van der Waals surface area (Å²) < 4.78 is 13.6. The molecule has 0 saturated carbocycles. The average Bonchev–Trinajstić information content (AvgIpc) is 2.85. The first-order valence-corrected chi connectivity index (χ1v) is 7.55. The van der Waals surface area contributed by atoms with E-state index >= 15 is 0 Å². The molecule has 0 aliphatic carbocycles. The molecule has 2 aromatic rings. The van der Waals surface area contributed by atoms with Gasteiger partial charge in [-0.1, -0.05) is 36.4 Å². The lowest BCUT2D eigenvalue weighted by Gasteiger charge is -2.23. The number of fused-ring (bicyclic) bond motifs is 1. The van der Waals surface area contributed by atoms with E-state index in [0.717, 1.165) is 12.1 Å². The van der Waals surface area contributed by atoms with Crippen molar-refractivity contribution in [2.75, 3.05) is 11.4 Å². The van der Waals surface area contributed by atoms with E-state index in [1.807, 2.05) is 25.1 Å². The molecule has 1 atom stereocenters. The molecule has 3 nitrogen and oxygen atoms in total. The summed E-state index contributed by atoms with van der Waals surface area (Å²) >= 11 is 0. The number of nitrogens with one attached hydrogen (secondary N) is 1. The maximum absolute atomic E-state index is 13.6. The first-order chi connectivity index (χ1) is 10.7. The SMILES string of the molecule is CC1Cc2ccccc2N1C(=O)NCCc1ccccc1F. The van der Waals surface area contributed by atoms with Crippen LogP contribution in [0.2, 0.25) is 0 Å². The summed E-state index contributed by atoms with van der Waals surface area (Å²) in [5.41, 5.74) is 2.79. The van der Waals surface area contributed by atoms with Crippen molar-refractivity contribution in [1.29, 1.82) is 0 Å². The second kappa shape index (κ2) is 6.18. The van der Waals surface area contributed by atoms with E-state index in [9.17, 15) is 9.18 Å². The Labute approximate surface area is 129 Å². The van der Waals surface area contributed by atoms with Crippen molar-refractivity contribution < 1.29 is 9.18 Å². The molecule has 0 aromatic heterocycles. The van der Waals surface area contributed by atoms with Crippen molar-refractivity contribution >= 4 is 11.7 Å². The van der Waals surface area contributed by atoms with Crippen molar-refractivity contribution in [1.82, 2.24) is 5.32 Å².